The molecule has 0 N–H and O–H groups in total. The van der Waals surface area contributed by atoms with E-state index in [0.717, 1.165) is 18.8 Å². The van der Waals surface area contributed by atoms with Crippen LogP contribution in [0.1, 0.15) is 33.1 Å². The quantitative estimate of drug-likeness (QED) is 0.852. The van der Waals surface area contributed by atoms with Crippen LogP contribution in [0.15, 0.2) is 24.3 Å². The number of aromatic nitrogens is 2. The number of piperazine rings is 1. The molecular weight excluding hydrogens is 300 g/mol. The second kappa shape index (κ2) is 6.59. The fourth-order valence-corrected chi connectivity index (χ4v) is 3.22. The zero-order valence-electron chi connectivity index (χ0n) is 14.8. The molecule has 5 nitrogen and oxygen atoms in total. The van der Waals surface area contributed by atoms with Crippen LogP contribution in [0, 0.1) is 27.7 Å². The highest BCUT2D eigenvalue weighted by molar-refractivity contribution is 5.92. The Kier molecular flexibility index (Phi) is 4.51. The fraction of sp³-hybridized carbons (Fsp3) is 0.421. The van der Waals surface area contributed by atoms with Gasteiger partial charge >= 0.3 is 0 Å². The van der Waals surface area contributed by atoms with Crippen molar-refractivity contribution in [3.8, 4) is 0 Å². The first-order valence-corrected chi connectivity index (χ1v) is 8.38. The molecule has 2 aromatic rings. The molecular formula is C19H24N4O. The second-order valence-electron chi connectivity index (χ2n) is 6.44. The molecule has 0 saturated carbocycles. The zero-order valence-corrected chi connectivity index (χ0v) is 14.8. The molecule has 1 aliphatic heterocycles. The second-order valence-corrected chi connectivity index (χ2v) is 6.44. The standard InChI is InChI=1S/C19H24N4O/c1-13-6-5-7-18(15(13)3)22-8-10-23(11-9-22)19(24)17-12-14(2)20-16(4)21-17/h5-7,12H,8-11H2,1-4H3. The average Bonchev–Trinajstić information content (AvgIpc) is 2.56. The predicted molar refractivity (Wildman–Crippen MR) is 95.5 cm³/mol. The van der Waals surface area contributed by atoms with Crippen molar-refractivity contribution in [1.82, 2.24) is 14.9 Å². The Labute approximate surface area is 143 Å². The van der Waals surface area contributed by atoms with E-state index in [1.807, 2.05) is 18.7 Å². The molecule has 3 rings (SSSR count). The van der Waals surface area contributed by atoms with Crippen molar-refractivity contribution in [2.24, 2.45) is 0 Å². The van der Waals surface area contributed by atoms with Crippen LogP contribution in [0.5, 0.6) is 0 Å². The number of carbonyl (C=O) groups is 1. The topological polar surface area (TPSA) is 49.3 Å². The van der Waals surface area contributed by atoms with E-state index in [1.165, 1.54) is 16.8 Å². The molecule has 0 aliphatic carbocycles. The normalized spacial score (nSPS) is 14.8. The van der Waals surface area contributed by atoms with Gasteiger partial charge in [0, 0.05) is 37.6 Å². The fourth-order valence-electron chi connectivity index (χ4n) is 3.22. The summed E-state index contributed by atoms with van der Waals surface area (Å²) >= 11 is 0. The van der Waals surface area contributed by atoms with Gasteiger partial charge in [0.25, 0.3) is 5.91 Å². The Morgan fingerprint density at radius 2 is 1.71 bits per heavy atom. The van der Waals surface area contributed by atoms with E-state index >= 15 is 0 Å². The Hall–Kier alpha value is -2.43. The first-order chi connectivity index (χ1) is 11.5. The van der Waals surface area contributed by atoms with E-state index in [1.54, 1.807) is 6.07 Å². The van der Waals surface area contributed by atoms with Crippen LogP contribution in [0.4, 0.5) is 5.69 Å². The third kappa shape index (κ3) is 3.25. The number of hydrogen-bond acceptors (Lipinski definition) is 4. The zero-order chi connectivity index (χ0) is 17.3. The highest BCUT2D eigenvalue weighted by Crippen LogP contribution is 2.24. The van der Waals surface area contributed by atoms with Crippen molar-refractivity contribution in [3.05, 3.63) is 52.6 Å². The number of hydrogen-bond donors (Lipinski definition) is 0. The lowest BCUT2D eigenvalue weighted by Gasteiger charge is -2.37. The van der Waals surface area contributed by atoms with E-state index in [9.17, 15) is 4.79 Å². The predicted octanol–water partition coefficient (Wildman–Crippen LogP) is 2.67. The van der Waals surface area contributed by atoms with E-state index in [-0.39, 0.29) is 5.91 Å². The van der Waals surface area contributed by atoms with Crippen LogP contribution >= 0.6 is 0 Å². The molecule has 1 aliphatic rings. The van der Waals surface area contributed by atoms with Crippen LogP contribution in [-0.4, -0.2) is 47.0 Å². The molecule has 126 valence electrons. The first-order valence-electron chi connectivity index (χ1n) is 8.38. The molecule has 24 heavy (non-hydrogen) atoms. The number of benzene rings is 1. The van der Waals surface area contributed by atoms with E-state index in [2.05, 4.69) is 46.9 Å². The summed E-state index contributed by atoms with van der Waals surface area (Å²) in [4.78, 5) is 25.5. The maximum absolute atomic E-state index is 12.7. The van der Waals surface area contributed by atoms with Gasteiger partial charge in [-0.15, -0.1) is 0 Å². The van der Waals surface area contributed by atoms with Gasteiger partial charge in [0.2, 0.25) is 0 Å². The van der Waals surface area contributed by atoms with E-state index in [4.69, 9.17) is 0 Å². The minimum absolute atomic E-state index is 0.00390. The average molecular weight is 324 g/mol. The van der Waals surface area contributed by atoms with Gasteiger partial charge in [-0.1, -0.05) is 12.1 Å². The maximum Gasteiger partial charge on any atom is 0.272 e. The van der Waals surface area contributed by atoms with Gasteiger partial charge in [-0.25, -0.2) is 9.97 Å². The minimum Gasteiger partial charge on any atom is -0.368 e. The molecule has 1 amide bonds. The van der Waals surface area contributed by atoms with Gasteiger partial charge in [-0.05, 0) is 51.0 Å². The summed E-state index contributed by atoms with van der Waals surface area (Å²) in [5.41, 5.74) is 5.23. The van der Waals surface area contributed by atoms with Gasteiger partial charge in [0.15, 0.2) is 0 Å². The van der Waals surface area contributed by atoms with Crippen LogP contribution < -0.4 is 4.90 Å². The third-order valence-corrected chi connectivity index (χ3v) is 4.67. The lowest BCUT2D eigenvalue weighted by atomic mass is 10.1. The molecule has 5 heteroatoms. The smallest absolute Gasteiger partial charge is 0.272 e. The Bertz CT molecular complexity index is 744. The molecule has 1 aromatic heterocycles. The van der Waals surface area contributed by atoms with Crippen LogP contribution in [0.3, 0.4) is 0 Å². The van der Waals surface area contributed by atoms with Gasteiger partial charge in [-0.2, -0.15) is 0 Å². The maximum atomic E-state index is 12.7. The van der Waals surface area contributed by atoms with Crippen LogP contribution in [0.2, 0.25) is 0 Å². The lowest BCUT2D eigenvalue weighted by Crippen LogP contribution is -2.49. The van der Waals surface area contributed by atoms with E-state index < -0.39 is 0 Å². The number of carbonyl (C=O) groups excluding carboxylic acids is 1. The molecule has 0 bridgehead atoms. The SMILES string of the molecule is Cc1cc(C(=O)N2CCN(c3cccc(C)c3C)CC2)nc(C)n1. The minimum atomic E-state index is 0.00390. The number of nitrogens with zero attached hydrogens (tertiary/aromatic N) is 4. The largest absolute Gasteiger partial charge is 0.368 e. The van der Waals surface area contributed by atoms with Crippen molar-refractivity contribution >= 4 is 11.6 Å². The highest BCUT2D eigenvalue weighted by Gasteiger charge is 2.24. The van der Waals surface area contributed by atoms with Crippen molar-refractivity contribution in [3.63, 3.8) is 0 Å². The third-order valence-electron chi connectivity index (χ3n) is 4.67. The van der Waals surface area contributed by atoms with Crippen LogP contribution in [0.25, 0.3) is 0 Å². The van der Waals surface area contributed by atoms with Gasteiger partial charge in [0.05, 0.1) is 0 Å². The highest BCUT2D eigenvalue weighted by atomic mass is 16.2. The molecule has 2 heterocycles. The summed E-state index contributed by atoms with van der Waals surface area (Å²) < 4.78 is 0. The summed E-state index contributed by atoms with van der Waals surface area (Å²) in [7, 11) is 0. The number of anilines is 1. The van der Waals surface area contributed by atoms with Crippen molar-refractivity contribution in [1.29, 1.82) is 0 Å². The van der Waals surface area contributed by atoms with Gasteiger partial charge < -0.3 is 9.80 Å². The summed E-state index contributed by atoms with van der Waals surface area (Å²) in [6.45, 7) is 11.1. The summed E-state index contributed by atoms with van der Waals surface area (Å²) in [5.74, 6) is 0.650. The van der Waals surface area contributed by atoms with Crippen molar-refractivity contribution in [2.45, 2.75) is 27.7 Å². The lowest BCUT2D eigenvalue weighted by molar-refractivity contribution is 0.0740. The molecule has 1 fully saturated rings. The van der Waals surface area contributed by atoms with E-state index in [0.29, 0.717) is 24.6 Å². The van der Waals surface area contributed by atoms with Gasteiger partial charge in [0.1, 0.15) is 11.5 Å². The molecule has 0 unspecified atom stereocenters. The summed E-state index contributed by atoms with van der Waals surface area (Å²) in [5, 5.41) is 0. The molecule has 0 atom stereocenters. The van der Waals surface area contributed by atoms with Crippen molar-refractivity contribution in [2.75, 3.05) is 31.1 Å². The summed E-state index contributed by atoms with van der Waals surface area (Å²) in [6, 6.07) is 8.17. The van der Waals surface area contributed by atoms with Crippen molar-refractivity contribution < 1.29 is 4.79 Å². The molecule has 1 saturated heterocycles. The number of aryl methyl sites for hydroxylation is 3. The molecule has 0 radical (unpaired) electrons. The molecule has 1 aromatic carbocycles. The number of amides is 1. The summed E-state index contributed by atoms with van der Waals surface area (Å²) in [6.07, 6.45) is 0. The molecule has 0 spiro atoms. The Morgan fingerprint density at radius 1 is 1.00 bits per heavy atom. The Morgan fingerprint density at radius 3 is 2.38 bits per heavy atom. The van der Waals surface area contributed by atoms with Gasteiger partial charge in [-0.3, -0.25) is 4.79 Å². The Balaban J connectivity index is 1.70. The monoisotopic (exact) mass is 324 g/mol. The van der Waals surface area contributed by atoms with Crippen LogP contribution in [-0.2, 0) is 0 Å². The first kappa shape index (κ1) is 16.4. The number of rotatable bonds is 2.